The van der Waals surface area contributed by atoms with Gasteiger partial charge in [0.15, 0.2) is 0 Å². The zero-order valence-corrected chi connectivity index (χ0v) is 14.1. The van der Waals surface area contributed by atoms with E-state index < -0.39 is 5.60 Å². The number of benzene rings is 1. The fourth-order valence-corrected chi connectivity index (χ4v) is 2.80. The highest BCUT2D eigenvalue weighted by molar-refractivity contribution is 5.64. The average molecular weight is 307 g/mol. The predicted molar refractivity (Wildman–Crippen MR) is 91.5 cm³/mol. The van der Waals surface area contributed by atoms with E-state index in [9.17, 15) is 5.11 Å². The van der Waals surface area contributed by atoms with Crippen LogP contribution in [0, 0.1) is 0 Å². The molecule has 0 radical (unpaired) electrons. The van der Waals surface area contributed by atoms with E-state index in [0.717, 1.165) is 43.1 Å². The Morgan fingerprint density at radius 1 is 1.36 bits per heavy atom. The molecule has 1 aliphatic rings. The molecule has 0 aromatic heterocycles. The number of rotatable bonds is 5. The zero-order chi connectivity index (χ0) is 16.3. The van der Waals surface area contributed by atoms with Crippen molar-refractivity contribution in [3.8, 4) is 5.75 Å². The van der Waals surface area contributed by atoms with Gasteiger partial charge in [-0.25, -0.2) is 0 Å². The number of aliphatic hydroxyl groups is 1. The number of piperidine rings is 1. The van der Waals surface area contributed by atoms with E-state index in [2.05, 4.69) is 10.2 Å². The number of hydrogen-bond acceptors (Lipinski definition) is 5. The van der Waals surface area contributed by atoms with E-state index in [1.54, 1.807) is 7.11 Å². The van der Waals surface area contributed by atoms with Gasteiger partial charge in [-0.1, -0.05) is 0 Å². The van der Waals surface area contributed by atoms with Crippen molar-refractivity contribution < 1.29 is 9.84 Å². The molecule has 5 heteroatoms. The zero-order valence-electron chi connectivity index (χ0n) is 14.1. The summed E-state index contributed by atoms with van der Waals surface area (Å²) < 4.78 is 5.45. The highest BCUT2D eigenvalue weighted by Crippen LogP contribution is 2.32. The Kier molecular flexibility index (Phi) is 5.19. The number of nitrogens with zero attached hydrogens (tertiary/aromatic N) is 1. The molecular weight excluding hydrogens is 278 g/mol. The van der Waals surface area contributed by atoms with Gasteiger partial charge in [-0.3, -0.25) is 0 Å². The molecule has 4 N–H and O–H groups in total. The number of hydrogen-bond donors (Lipinski definition) is 3. The molecule has 0 amide bonds. The smallest absolute Gasteiger partial charge is 0.144 e. The summed E-state index contributed by atoms with van der Waals surface area (Å²) in [6, 6.07) is 6.34. The van der Waals surface area contributed by atoms with Crippen LogP contribution in [0.4, 0.5) is 11.4 Å². The molecular formula is C17H29N3O2. The van der Waals surface area contributed by atoms with Crippen molar-refractivity contribution in [2.75, 3.05) is 30.8 Å². The number of ether oxygens (including phenoxy) is 1. The van der Waals surface area contributed by atoms with Crippen LogP contribution in [0.15, 0.2) is 18.2 Å². The van der Waals surface area contributed by atoms with Crippen LogP contribution in [0.3, 0.4) is 0 Å². The molecule has 1 aliphatic heterocycles. The van der Waals surface area contributed by atoms with E-state index in [-0.39, 0.29) is 6.04 Å². The van der Waals surface area contributed by atoms with Gasteiger partial charge < -0.3 is 25.8 Å². The Bertz CT molecular complexity index is 491. The van der Waals surface area contributed by atoms with Crippen molar-refractivity contribution in [2.45, 2.75) is 51.3 Å². The van der Waals surface area contributed by atoms with Crippen LogP contribution in [-0.2, 0) is 0 Å². The average Bonchev–Trinajstić information content (AvgIpc) is 2.47. The third-order valence-corrected chi connectivity index (χ3v) is 4.58. The van der Waals surface area contributed by atoms with Gasteiger partial charge in [-0.15, -0.1) is 0 Å². The molecule has 1 saturated heterocycles. The molecule has 1 heterocycles. The Balaban J connectivity index is 1.95. The summed E-state index contributed by atoms with van der Waals surface area (Å²) in [6.45, 7) is 7.67. The SMILES string of the molecule is COc1cc(N)ccc1N1CCC(NC(C)C(C)(C)O)CC1. The highest BCUT2D eigenvalue weighted by Gasteiger charge is 2.27. The Labute approximate surface area is 133 Å². The number of nitrogen functional groups attached to an aromatic ring is 1. The van der Waals surface area contributed by atoms with Gasteiger partial charge in [-0.2, -0.15) is 0 Å². The molecule has 1 aromatic carbocycles. The summed E-state index contributed by atoms with van der Waals surface area (Å²) in [6.07, 6.45) is 2.10. The molecule has 0 aliphatic carbocycles. The van der Waals surface area contributed by atoms with Crippen molar-refractivity contribution in [3.05, 3.63) is 18.2 Å². The molecule has 0 spiro atoms. The maximum absolute atomic E-state index is 10.0. The molecule has 0 bridgehead atoms. The van der Waals surface area contributed by atoms with E-state index in [0.29, 0.717) is 6.04 Å². The molecule has 1 unspecified atom stereocenters. The molecule has 5 nitrogen and oxygen atoms in total. The van der Waals surface area contributed by atoms with Crippen LogP contribution in [0.2, 0.25) is 0 Å². The van der Waals surface area contributed by atoms with Crippen LogP contribution in [0.25, 0.3) is 0 Å². The van der Waals surface area contributed by atoms with Gasteiger partial charge in [0.1, 0.15) is 5.75 Å². The largest absolute Gasteiger partial charge is 0.495 e. The van der Waals surface area contributed by atoms with E-state index >= 15 is 0 Å². The molecule has 124 valence electrons. The number of methoxy groups -OCH3 is 1. The van der Waals surface area contributed by atoms with E-state index in [1.807, 2.05) is 39.0 Å². The minimum Gasteiger partial charge on any atom is -0.495 e. The lowest BCUT2D eigenvalue weighted by Crippen LogP contribution is -2.52. The quantitative estimate of drug-likeness (QED) is 0.726. The first-order valence-corrected chi connectivity index (χ1v) is 7.98. The van der Waals surface area contributed by atoms with Gasteiger partial charge in [0.25, 0.3) is 0 Å². The Morgan fingerprint density at radius 3 is 2.55 bits per heavy atom. The van der Waals surface area contributed by atoms with Crippen LogP contribution in [0.5, 0.6) is 5.75 Å². The second-order valence-corrected chi connectivity index (χ2v) is 6.73. The number of nitrogens with one attached hydrogen (secondary N) is 1. The molecule has 2 rings (SSSR count). The van der Waals surface area contributed by atoms with Crippen LogP contribution in [0.1, 0.15) is 33.6 Å². The van der Waals surface area contributed by atoms with Crippen LogP contribution >= 0.6 is 0 Å². The van der Waals surface area contributed by atoms with Crippen LogP contribution < -0.4 is 20.7 Å². The summed E-state index contributed by atoms with van der Waals surface area (Å²) >= 11 is 0. The summed E-state index contributed by atoms with van der Waals surface area (Å²) in [4.78, 5) is 2.34. The third-order valence-electron chi connectivity index (χ3n) is 4.58. The Morgan fingerprint density at radius 2 is 2.00 bits per heavy atom. The first-order chi connectivity index (χ1) is 10.3. The van der Waals surface area contributed by atoms with E-state index in [1.165, 1.54) is 0 Å². The molecule has 0 saturated carbocycles. The summed E-state index contributed by atoms with van der Waals surface area (Å²) in [5.41, 5.74) is 6.94. The third kappa shape index (κ3) is 4.05. The maximum atomic E-state index is 10.0. The molecule has 22 heavy (non-hydrogen) atoms. The Hall–Kier alpha value is -1.46. The number of anilines is 2. The van der Waals surface area contributed by atoms with Crippen molar-refractivity contribution in [1.82, 2.24) is 5.32 Å². The van der Waals surface area contributed by atoms with Crippen molar-refractivity contribution in [1.29, 1.82) is 0 Å². The monoisotopic (exact) mass is 307 g/mol. The first kappa shape index (κ1) is 16.9. The van der Waals surface area contributed by atoms with Gasteiger partial charge in [-0.05, 0) is 45.7 Å². The molecule has 1 aromatic rings. The summed E-state index contributed by atoms with van der Waals surface area (Å²) in [5.74, 6) is 0.830. The lowest BCUT2D eigenvalue weighted by molar-refractivity contribution is 0.0385. The highest BCUT2D eigenvalue weighted by atomic mass is 16.5. The van der Waals surface area contributed by atoms with Gasteiger partial charge in [0.2, 0.25) is 0 Å². The summed E-state index contributed by atoms with van der Waals surface area (Å²) in [7, 11) is 1.68. The van der Waals surface area contributed by atoms with Crippen molar-refractivity contribution in [2.24, 2.45) is 0 Å². The first-order valence-electron chi connectivity index (χ1n) is 7.98. The summed E-state index contributed by atoms with van der Waals surface area (Å²) in [5, 5.41) is 13.6. The van der Waals surface area contributed by atoms with Crippen LogP contribution in [-0.4, -0.2) is 43.0 Å². The fraction of sp³-hybridized carbons (Fsp3) is 0.647. The molecule has 1 fully saturated rings. The maximum Gasteiger partial charge on any atom is 0.144 e. The van der Waals surface area contributed by atoms with Gasteiger partial charge in [0.05, 0.1) is 18.4 Å². The lowest BCUT2D eigenvalue weighted by atomic mass is 9.97. The second-order valence-electron chi connectivity index (χ2n) is 6.73. The second kappa shape index (κ2) is 6.75. The normalized spacial score (nSPS) is 18.3. The van der Waals surface area contributed by atoms with Crippen molar-refractivity contribution >= 4 is 11.4 Å². The topological polar surface area (TPSA) is 70.8 Å². The minimum atomic E-state index is -0.697. The number of nitrogens with two attached hydrogens (primary N) is 1. The van der Waals surface area contributed by atoms with E-state index in [4.69, 9.17) is 10.5 Å². The standard InChI is InChI=1S/C17H29N3O2/c1-12(17(2,3)21)19-14-7-9-20(10-8-14)15-6-5-13(18)11-16(15)22-4/h5-6,11-12,14,19,21H,7-10,18H2,1-4H3. The fourth-order valence-electron chi connectivity index (χ4n) is 2.80. The predicted octanol–water partition coefficient (Wildman–Crippen LogP) is 2.00. The van der Waals surface area contributed by atoms with Gasteiger partial charge in [0, 0.05) is 36.9 Å². The molecule has 1 atom stereocenters. The lowest BCUT2D eigenvalue weighted by Gasteiger charge is -2.38. The van der Waals surface area contributed by atoms with Crippen molar-refractivity contribution in [3.63, 3.8) is 0 Å². The minimum absolute atomic E-state index is 0.0788. The van der Waals surface area contributed by atoms with Gasteiger partial charge >= 0.3 is 0 Å².